The van der Waals surface area contributed by atoms with E-state index in [-0.39, 0.29) is 29.6 Å². The molecule has 0 saturated carbocycles. The number of rotatable bonds is 4. The molecule has 1 rings (SSSR count). The second kappa shape index (κ2) is 6.29. The van der Waals surface area contributed by atoms with Crippen LogP contribution in [0.4, 0.5) is 26.3 Å². The molecule has 3 nitrogen and oxygen atoms in total. The predicted molar refractivity (Wildman–Crippen MR) is 69.0 cm³/mol. The van der Waals surface area contributed by atoms with Crippen LogP contribution in [0.1, 0.15) is 23.6 Å². The van der Waals surface area contributed by atoms with Gasteiger partial charge in [0.2, 0.25) is 0 Å². The number of halogens is 6. The van der Waals surface area contributed by atoms with Crippen molar-refractivity contribution in [3.8, 4) is 0 Å². The molecular formula is C13H13F6N3. The minimum Gasteiger partial charge on any atom is -0.396 e. The first kappa shape index (κ1) is 17.9. The topological polar surface area (TPSA) is 61.9 Å². The Morgan fingerprint density at radius 3 is 2.23 bits per heavy atom. The van der Waals surface area contributed by atoms with Crippen molar-refractivity contribution in [1.29, 1.82) is 5.41 Å². The van der Waals surface area contributed by atoms with E-state index in [0.717, 1.165) is 12.3 Å². The Hall–Kier alpha value is -2.19. The van der Waals surface area contributed by atoms with Gasteiger partial charge in [-0.15, -0.1) is 0 Å². The Morgan fingerprint density at radius 1 is 1.18 bits per heavy atom. The van der Waals surface area contributed by atoms with Crippen molar-refractivity contribution in [1.82, 2.24) is 5.32 Å². The summed E-state index contributed by atoms with van der Waals surface area (Å²) in [4.78, 5) is 0. The molecule has 0 heterocycles. The van der Waals surface area contributed by atoms with Gasteiger partial charge in [-0.3, -0.25) is 0 Å². The van der Waals surface area contributed by atoms with Gasteiger partial charge >= 0.3 is 12.4 Å². The van der Waals surface area contributed by atoms with Gasteiger partial charge < -0.3 is 16.5 Å². The summed E-state index contributed by atoms with van der Waals surface area (Å²) in [5.74, 6) is 0. The van der Waals surface area contributed by atoms with Crippen molar-refractivity contribution < 1.29 is 26.3 Å². The molecule has 0 fully saturated rings. The number of allylic oxidation sites excluding steroid dienone is 2. The van der Waals surface area contributed by atoms with Gasteiger partial charge in [0.1, 0.15) is 0 Å². The van der Waals surface area contributed by atoms with E-state index >= 15 is 0 Å². The first-order valence-corrected chi connectivity index (χ1v) is 5.95. The van der Waals surface area contributed by atoms with Gasteiger partial charge in [0.15, 0.2) is 0 Å². The van der Waals surface area contributed by atoms with Crippen molar-refractivity contribution in [2.24, 2.45) is 5.73 Å². The molecule has 0 atom stereocenters. The highest BCUT2D eigenvalue weighted by Gasteiger charge is 2.37. The van der Waals surface area contributed by atoms with Crippen LogP contribution in [-0.2, 0) is 18.9 Å². The van der Waals surface area contributed by atoms with Gasteiger partial charge in [0, 0.05) is 18.5 Å². The molecule has 0 aliphatic carbocycles. The highest BCUT2D eigenvalue weighted by molar-refractivity contribution is 5.75. The van der Waals surface area contributed by atoms with E-state index in [9.17, 15) is 26.3 Å². The average molecular weight is 325 g/mol. The van der Waals surface area contributed by atoms with Crippen LogP contribution in [-0.4, -0.2) is 6.21 Å². The summed E-state index contributed by atoms with van der Waals surface area (Å²) in [6.07, 6.45) is -8.96. The molecule has 0 saturated heterocycles. The van der Waals surface area contributed by atoms with Gasteiger partial charge in [0.25, 0.3) is 0 Å². The largest absolute Gasteiger partial charge is 0.416 e. The minimum absolute atomic E-state index is 0.0143. The molecule has 122 valence electrons. The maximum atomic E-state index is 12.9. The predicted octanol–water partition coefficient (Wildman–Crippen LogP) is 3.65. The van der Waals surface area contributed by atoms with E-state index in [1.807, 2.05) is 0 Å². The van der Waals surface area contributed by atoms with E-state index in [4.69, 9.17) is 11.1 Å². The second-order valence-corrected chi connectivity index (χ2v) is 4.45. The fraction of sp³-hybridized carbons (Fsp3) is 0.308. The highest BCUT2D eigenvalue weighted by atomic mass is 19.4. The zero-order valence-corrected chi connectivity index (χ0v) is 11.4. The standard InChI is InChI=1S/C13H13F6N3/c1-7(11(21)5-20)22-6-8-2-3-9(12(14,15)16)4-10(8)13(17,18)19/h2-5,20,22H,6,21H2,1H3/b11-7+,20-5?. The molecule has 0 amide bonds. The molecular weight excluding hydrogens is 312 g/mol. The Bertz CT molecular complexity index is 586. The Balaban J connectivity index is 3.18. The molecule has 1 aromatic rings. The molecule has 9 heteroatoms. The number of nitrogens with two attached hydrogens (primary N) is 1. The molecule has 0 aromatic heterocycles. The summed E-state index contributed by atoms with van der Waals surface area (Å²) in [5.41, 5.74) is 2.58. The van der Waals surface area contributed by atoms with Crippen molar-refractivity contribution >= 4 is 6.21 Å². The fourth-order valence-corrected chi connectivity index (χ4v) is 1.61. The quantitative estimate of drug-likeness (QED) is 0.584. The van der Waals surface area contributed by atoms with E-state index in [1.54, 1.807) is 0 Å². The van der Waals surface area contributed by atoms with E-state index in [2.05, 4.69) is 5.32 Å². The number of benzene rings is 1. The lowest BCUT2D eigenvalue weighted by Gasteiger charge is -2.17. The molecule has 1 aromatic carbocycles. The van der Waals surface area contributed by atoms with Gasteiger partial charge in [-0.05, 0) is 24.6 Å². The summed E-state index contributed by atoms with van der Waals surface area (Å²) in [5, 5.41) is 9.45. The Kier molecular flexibility index (Phi) is 5.10. The average Bonchev–Trinajstić information content (AvgIpc) is 2.41. The van der Waals surface area contributed by atoms with E-state index in [1.165, 1.54) is 6.92 Å². The van der Waals surface area contributed by atoms with Gasteiger partial charge in [0.05, 0.1) is 16.8 Å². The third kappa shape index (κ3) is 4.40. The fourth-order valence-electron chi connectivity index (χ4n) is 1.61. The maximum absolute atomic E-state index is 12.9. The zero-order chi connectivity index (χ0) is 17.1. The van der Waals surface area contributed by atoms with Crippen LogP contribution in [0.5, 0.6) is 0 Å². The monoisotopic (exact) mass is 325 g/mol. The summed E-state index contributed by atoms with van der Waals surface area (Å²) in [7, 11) is 0. The molecule has 0 radical (unpaired) electrons. The molecule has 0 bridgehead atoms. The third-order valence-electron chi connectivity index (χ3n) is 2.88. The van der Waals surface area contributed by atoms with Crippen molar-refractivity contribution in [3.05, 3.63) is 46.3 Å². The van der Waals surface area contributed by atoms with E-state index in [0.29, 0.717) is 6.07 Å². The van der Waals surface area contributed by atoms with Crippen LogP contribution < -0.4 is 11.1 Å². The molecule has 4 N–H and O–H groups in total. The van der Waals surface area contributed by atoms with Gasteiger partial charge in [-0.2, -0.15) is 26.3 Å². The van der Waals surface area contributed by atoms with Crippen LogP contribution in [0, 0.1) is 5.41 Å². The van der Waals surface area contributed by atoms with Gasteiger partial charge in [-0.25, -0.2) is 0 Å². The number of alkyl halides is 6. The van der Waals surface area contributed by atoms with Crippen molar-refractivity contribution in [3.63, 3.8) is 0 Å². The molecule has 0 aliphatic rings. The smallest absolute Gasteiger partial charge is 0.396 e. The molecule has 0 unspecified atom stereocenters. The second-order valence-electron chi connectivity index (χ2n) is 4.45. The van der Waals surface area contributed by atoms with E-state index < -0.39 is 23.5 Å². The van der Waals surface area contributed by atoms with Crippen LogP contribution in [0.15, 0.2) is 29.6 Å². The van der Waals surface area contributed by atoms with Crippen molar-refractivity contribution in [2.45, 2.75) is 25.8 Å². The lowest BCUT2D eigenvalue weighted by Crippen LogP contribution is -2.20. The van der Waals surface area contributed by atoms with Crippen LogP contribution in [0.25, 0.3) is 0 Å². The summed E-state index contributed by atoms with van der Waals surface area (Å²) >= 11 is 0. The number of hydrogen-bond donors (Lipinski definition) is 3. The molecule has 0 spiro atoms. The maximum Gasteiger partial charge on any atom is 0.416 e. The van der Waals surface area contributed by atoms with Gasteiger partial charge in [-0.1, -0.05) is 6.07 Å². The van der Waals surface area contributed by atoms with Crippen molar-refractivity contribution in [2.75, 3.05) is 0 Å². The Labute approximate surface area is 122 Å². The Morgan fingerprint density at radius 2 is 1.77 bits per heavy atom. The highest BCUT2D eigenvalue weighted by Crippen LogP contribution is 2.37. The number of nitrogens with one attached hydrogen (secondary N) is 2. The summed E-state index contributed by atoms with van der Waals surface area (Å²) in [6, 6.07) is 1.44. The number of hydrogen-bond acceptors (Lipinski definition) is 3. The zero-order valence-electron chi connectivity index (χ0n) is 11.4. The SMILES string of the molecule is C/C(NCc1ccc(C(F)(F)F)cc1C(F)(F)F)=C(\N)C=N. The first-order valence-electron chi connectivity index (χ1n) is 5.95. The molecule has 22 heavy (non-hydrogen) atoms. The molecule has 0 aliphatic heterocycles. The minimum atomic E-state index is -4.91. The third-order valence-corrected chi connectivity index (χ3v) is 2.88. The lowest BCUT2D eigenvalue weighted by molar-refractivity contribution is -0.143. The van der Waals surface area contributed by atoms with Crippen LogP contribution in [0.3, 0.4) is 0 Å². The van der Waals surface area contributed by atoms with Crippen LogP contribution in [0.2, 0.25) is 0 Å². The lowest BCUT2D eigenvalue weighted by atomic mass is 10.0. The normalized spacial score (nSPS) is 13.6. The van der Waals surface area contributed by atoms with Crippen LogP contribution >= 0.6 is 0 Å². The first-order chi connectivity index (χ1) is 9.96. The summed E-state index contributed by atoms with van der Waals surface area (Å²) in [6.45, 7) is 1.07. The summed E-state index contributed by atoms with van der Waals surface area (Å²) < 4.78 is 76.3.